The summed E-state index contributed by atoms with van der Waals surface area (Å²) >= 11 is 0. The fourth-order valence-corrected chi connectivity index (χ4v) is 4.17. The van der Waals surface area contributed by atoms with Crippen LogP contribution in [0.1, 0.15) is 70.2 Å². The molecule has 2 unspecified atom stereocenters. The second kappa shape index (κ2) is 28.6. The molecule has 4 aromatic carbocycles. The summed E-state index contributed by atoms with van der Waals surface area (Å²) in [5.74, 6) is 3.06. The van der Waals surface area contributed by atoms with Crippen LogP contribution >= 0.6 is 0 Å². The molecule has 4 aromatic rings. The number of hydrogen-bond acceptors (Lipinski definition) is 7. The molecule has 2 fully saturated rings. The summed E-state index contributed by atoms with van der Waals surface area (Å²) in [6.07, 6.45) is -0.269. The quantitative estimate of drug-likeness (QED) is 0.102. The number of ether oxygens (including phenoxy) is 6. The van der Waals surface area contributed by atoms with E-state index in [2.05, 4.69) is 14.6 Å². The first-order chi connectivity index (χ1) is 24.6. The molecule has 2 atom stereocenters. The van der Waals surface area contributed by atoms with Gasteiger partial charge in [-0.15, -0.1) is 0 Å². The lowest BCUT2D eigenvalue weighted by molar-refractivity contribution is 0.0626. The number of rotatable bonds is 16. The fourth-order valence-electron chi connectivity index (χ4n) is 4.17. The van der Waals surface area contributed by atoms with Gasteiger partial charge in [-0.2, -0.15) is 0 Å². The summed E-state index contributed by atoms with van der Waals surface area (Å²) in [7, 11) is 4.17. The van der Waals surface area contributed by atoms with Gasteiger partial charge in [0.05, 0.1) is 13.2 Å². The van der Waals surface area contributed by atoms with Crippen LogP contribution in [0.25, 0.3) is 0 Å². The minimum Gasteiger partial charge on any atom is -0.491 e. The van der Waals surface area contributed by atoms with E-state index in [-0.39, 0.29) is 40.3 Å². The number of hydrogen-bond donors (Lipinski definition) is 1. The Hall–Kier alpha value is -3.91. The molecule has 0 aliphatic carbocycles. The molecule has 0 bridgehead atoms. The average Bonchev–Trinajstić information content (AvgIpc) is 4.14. The molecule has 2 heterocycles. The highest BCUT2D eigenvalue weighted by molar-refractivity contribution is 6.67. The normalized spacial score (nSPS) is 14.6. The summed E-state index contributed by atoms with van der Waals surface area (Å²) in [5.41, 5.74) is 4.27. The van der Waals surface area contributed by atoms with E-state index in [4.69, 9.17) is 28.4 Å². The van der Waals surface area contributed by atoms with E-state index in [0.717, 1.165) is 46.6 Å². The van der Waals surface area contributed by atoms with E-state index >= 15 is 0 Å². The van der Waals surface area contributed by atoms with Crippen molar-refractivity contribution in [3.63, 3.8) is 0 Å². The summed E-state index contributed by atoms with van der Waals surface area (Å²) < 4.78 is 33.2. The van der Waals surface area contributed by atoms with Crippen LogP contribution in [0.5, 0.6) is 23.0 Å². The van der Waals surface area contributed by atoms with Crippen molar-refractivity contribution in [3.8, 4) is 23.0 Å². The smallest absolute Gasteiger partial charge is 0.191 e. The van der Waals surface area contributed by atoms with Gasteiger partial charge in [0.25, 0.3) is 0 Å². The van der Waals surface area contributed by atoms with Gasteiger partial charge in [-0.3, -0.25) is 0 Å². The number of aliphatic hydroxyl groups excluding tert-OH is 1. The molecular formula is C43H64B2O7. The molecule has 9 heteroatoms. The Morgan fingerprint density at radius 2 is 0.712 bits per heavy atom. The van der Waals surface area contributed by atoms with Crippen LogP contribution in [-0.4, -0.2) is 77.6 Å². The Morgan fingerprint density at radius 1 is 0.481 bits per heavy atom. The zero-order valence-electron chi connectivity index (χ0n) is 31.3. The molecule has 6 rings (SSSR count). The molecule has 0 aromatic heterocycles. The van der Waals surface area contributed by atoms with E-state index in [1.807, 2.05) is 152 Å². The maximum Gasteiger partial charge on any atom is 0.191 e. The Kier molecular flexibility index (Phi) is 26.5. The second-order valence-corrected chi connectivity index (χ2v) is 10.4. The van der Waals surface area contributed by atoms with Gasteiger partial charge in [-0.05, 0) is 48.5 Å². The van der Waals surface area contributed by atoms with Crippen LogP contribution < -0.4 is 40.8 Å². The van der Waals surface area contributed by atoms with Crippen LogP contribution in [0.4, 0.5) is 0 Å². The minimum atomic E-state index is -0.762. The van der Waals surface area contributed by atoms with Crippen molar-refractivity contribution in [2.24, 2.45) is 0 Å². The third-order valence-corrected chi connectivity index (χ3v) is 6.75. The molecule has 2 aliphatic heterocycles. The number of epoxide rings is 2. The zero-order chi connectivity index (χ0) is 36.6. The van der Waals surface area contributed by atoms with Gasteiger partial charge < -0.3 is 33.5 Å². The Morgan fingerprint density at radius 3 is 0.942 bits per heavy atom. The molecule has 52 heavy (non-hydrogen) atoms. The molecule has 2 radical (unpaired) electrons. The first kappa shape index (κ1) is 48.1. The summed E-state index contributed by atoms with van der Waals surface area (Å²) in [6, 6.07) is 31.5. The fraction of sp³-hybridized carbons (Fsp3) is 0.442. The molecule has 284 valence electrons. The summed E-state index contributed by atoms with van der Waals surface area (Å²) in [5, 5.41) is 10.4. The van der Waals surface area contributed by atoms with Gasteiger partial charge >= 0.3 is 0 Å². The molecule has 2 aliphatic rings. The zero-order valence-corrected chi connectivity index (χ0v) is 31.3. The maximum atomic E-state index is 10.4. The van der Waals surface area contributed by atoms with Crippen molar-refractivity contribution in [2.75, 3.05) is 39.6 Å². The highest BCUT2D eigenvalue weighted by Crippen LogP contribution is 2.15. The third kappa shape index (κ3) is 19.1. The molecule has 1 N–H and O–H groups in total. The van der Waals surface area contributed by atoms with Crippen molar-refractivity contribution < 1.29 is 33.5 Å². The highest BCUT2D eigenvalue weighted by atomic mass is 16.6. The first-order valence-corrected chi connectivity index (χ1v) is 18.2. The Bertz CT molecular complexity index is 1280. The number of aliphatic hydroxyl groups is 1. The molecule has 7 nitrogen and oxygen atoms in total. The van der Waals surface area contributed by atoms with Crippen LogP contribution in [0.3, 0.4) is 0 Å². The summed E-state index contributed by atoms with van der Waals surface area (Å²) in [4.78, 5) is 0. The largest absolute Gasteiger partial charge is 0.491 e. The van der Waals surface area contributed by atoms with Crippen molar-refractivity contribution in [3.05, 3.63) is 97.1 Å². The van der Waals surface area contributed by atoms with Crippen molar-refractivity contribution in [2.45, 2.75) is 88.6 Å². The molecule has 2 saturated heterocycles. The minimum absolute atomic E-state index is 0. The van der Waals surface area contributed by atoms with Crippen molar-refractivity contribution in [1.29, 1.82) is 0 Å². The topological polar surface area (TPSA) is 82.2 Å². The van der Waals surface area contributed by atoms with E-state index in [1.54, 1.807) is 0 Å². The van der Waals surface area contributed by atoms with Crippen LogP contribution in [0.2, 0.25) is 0 Å². The second-order valence-electron chi connectivity index (χ2n) is 10.4. The monoisotopic (exact) mass is 714 g/mol. The van der Waals surface area contributed by atoms with Gasteiger partial charge in [-0.25, -0.2) is 0 Å². The standard InChI is InChI=1S/C33H32B2O7.4C2H6.2CH4/c36-27(17-37-28-9-1-23(2-10-28)34-25-5-13-30(14-6-25)39-19-32-21-41-32)18-38-29-11-3-24(4-12-29)35-26-7-15-31(16-8-26)40-20-33-22-42-33;4*1-2;;/h1-16,27,32-33,36H,17-22H2;4*1-2H3;2*1H4. The van der Waals surface area contributed by atoms with Gasteiger partial charge in [0.2, 0.25) is 0 Å². The molecular weight excluding hydrogens is 650 g/mol. The molecule has 0 spiro atoms. The van der Waals surface area contributed by atoms with Gasteiger partial charge in [-0.1, -0.05) is 141 Å². The lowest BCUT2D eigenvalue weighted by Gasteiger charge is -2.14. The van der Waals surface area contributed by atoms with Gasteiger partial charge in [0.15, 0.2) is 14.6 Å². The lowest BCUT2D eigenvalue weighted by Crippen LogP contribution is -2.27. The van der Waals surface area contributed by atoms with E-state index in [1.165, 1.54) is 0 Å². The number of benzene rings is 4. The van der Waals surface area contributed by atoms with E-state index in [0.29, 0.717) is 24.7 Å². The van der Waals surface area contributed by atoms with Crippen LogP contribution in [0, 0.1) is 0 Å². The predicted octanol–water partition coefficient (Wildman–Crippen LogP) is 6.75. The van der Waals surface area contributed by atoms with Gasteiger partial charge in [0.1, 0.15) is 67.7 Å². The molecule has 0 amide bonds. The summed E-state index contributed by atoms with van der Waals surface area (Å²) in [6.45, 7) is 19.0. The lowest BCUT2D eigenvalue weighted by atomic mass is 9.64. The predicted molar refractivity (Wildman–Crippen MR) is 222 cm³/mol. The Balaban J connectivity index is 0.00000244. The van der Waals surface area contributed by atoms with E-state index in [9.17, 15) is 5.11 Å². The highest BCUT2D eigenvalue weighted by Gasteiger charge is 2.23. The van der Waals surface area contributed by atoms with Crippen LogP contribution in [0.15, 0.2) is 97.1 Å². The van der Waals surface area contributed by atoms with Crippen LogP contribution in [-0.2, 0) is 9.47 Å². The Labute approximate surface area is 317 Å². The SMILES string of the molecule is C.C.CC.CC.CC.CC.OC(COc1ccc([B]c2ccc(OCC3CO3)cc2)cc1)COc1ccc([B]c2ccc(OCC3CO3)cc2)cc1. The van der Waals surface area contributed by atoms with Crippen molar-refractivity contribution in [1.82, 2.24) is 0 Å². The van der Waals surface area contributed by atoms with E-state index < -0.39 is 6.10 Å². The van der Waals surface area contributed by atoms with Crippen molar-refractivity contribution >= 4 is 36.4 Å². The first-order valence-electron chi connectivity index (χ1n) is 18.2. The molecule has 0 saturated carbocycles. The average molecular weight is 715 g/mol. The van der Waals surface area contributed by atoms with Gasteiger partial charge in [0, 0.05) is 0 Å². The third-order valence-electron chi connectivity index (χ3n) is 6.75. The maximum absolute atomic E-state index is 10.4.